The Morgan fingerprint density at radius 1 is 1.67 bits per heavy atom. The van der Waals surface area contributed by atoms with Gasteiger partial charge in [0.25, 0.3) is 0 Å². The van der Waals surface area contributed by atoms with Crippen LogP contribution in [-0.4, -0.2) is 31.5 Å². The van der Waals surface area contributed by atoms with Gasteiger partial charge in [-0.05, 0) is 5.92 Å². The van der Waals surface area contributed by atoms with Crippen molar-refractivity contribution >= 4 is 21.8 Å². The van der Waals surface area contributed by atoms with E-state index in [2.05, 4.69) is 21.2 Å². The molecule has 1 N–H and O–H groups in total. The summed E-state index contributed by atoms with van der Waals surface area (Å²) < 4.78 is 4.94. The molecule has 0 aromatic heterocycles. The molecule has 0 saturated heterocycles. The van der Waals surface area contributed by atoms with Gasteiger partial charge in [-0.1, -0.05) is 22.9 Å². The normalized spacial score (nSPS) is 12.6. The number of ether oxygens (including phenoxy) is 1. The van der Waals surface area contributed by atoms with Crippen LogP contribution in [0.15, 0.2) is 0 Å². The summed E-state index contributed by atoms with van der Waals surface area (Å²) in [4.78, 5) is 11.0. The first-order chi connectivity index (χ1) is 5.70. The third-order valence-electron chi connectivity index (χ3n) is 1.42. The van der Waals surface area contributed by atoms with Gasteiger partial charge in [-0.2, -0.15) is 0 Å². The molecule has 1 unspecified atom stereocenters. The maximum Gasteiger partial charge on any atom is 0.220 e. The number of halogens is 1. The van der Waals surface area contributed by atoms with Gasteiger partial charge in [-0.3, -0.25) is 4.79 Å². The Bertz CT molecular complexity index is 130. The molecule has 4 heteroatoms. The molecule has 1 atom stereocenters. The molecular weight excluding hydrogens is 222 g/mol. The van der Waals surface area contributed by atoms with E-state index in [1.165, 1.54) is 0 Å². The van der Waals surface area contributed by atoms with Crippen LogP contribution in [0.5, 0.6) is 0 Å². The van der Waals surface area contributed by atoms with Gasteiger partial charge in [-0.15, -0.1) is 0 Å². The Hall–Kier alpha value is -0.0900. The Kier molecular flexibility index (Phi) is 7.50. The van der Waals surface area contributed by atoms with Crippen molar-refractivity contribution in [2.45, 2.75) is 13.3 Å². The second-order valence-electron chi connectivity index (χ2n) is 2.80. The first kappa shape index (κ1) is 11.9. The van der Waals surface area contributed by atoms with Crippen molar-refractivity contribution in [3.8, 4) is 0 Å². The molecule has 0 aromatic rings. The highest BCUT2D eigenvalue weighted by atomic mass is 79.9. The molecule has 0 radical (unpaired) electrons. The second kappa shape index (κ2) is 7.55. The van der Waals surface area contributed by atoms with E-state index in [9.17, 15) is 4.79 Å². The summed E-state index contributed by atoms with van der Waals surface area (Å²) in [5.41, 5.74) is 0. The van der Waals surface area contributed by atoms with Crippen molar-refractivity contribution < 1.29 is 9.53 Å². The molecule has 0 saturated carbocycles. The van der Waals surface area contributed by atoms with Crippen molar-refractivity contribution in [1.29, 1.82) is 0 Å². The van der Waals surface area contributed by atoms with E-state index in [0.29, 0.717) is 25.5 Å². The molecule has 12 heavy (non-hydrogen) atoms. The SMILES string of the molecule is COCC(C)CNC(=O)CCBr. The van der Waals surface area contributed by atoms with Crippen LogP contribution < -0.4 is 5.32 Å². The average Bonchev–Trinajstić information content (AvgIpc) is 2.02. The highest BCUT2D eigenvalue weighted by Gasteiger charge is 2.03. The van der Waals surface area contributed by atoms with Crippen LogP contribution >= 0.6 is 15.9 Å². The van der Waals surface area contributed by atoms with Crippen molar-refractivity contribution in [3.05, 3.63) is 0 Å². The molecule has 0 bridgehead atoms. The summed E-state index contributed by atoms with van der Waals surface area (Å²) in [6, 6.07) is 0. The zero-order valence-corrected chi connectivity index (χ0v) is 9.19. The molecule has 0 aliphatic rings. The smallest absolute Gasteiger partial charge is 0.220 e. The van der Waals surface area contributed by atoms with E-state index in [1.54, 1.807) is 7.11 Å². The van der Waals surface area contributed by atoms with Gasteiger partial charge in [0.2, 0.25) is 5.91 Å². The fourth-order valence-corrected chi connectivity index (χ4v) is 1.17. The number of carbonyl (C=O) groups excluding carboxylic acids is 1. The van der Waals surface area contributed by atoms with Crippen LogP contribution in [-0.2, 0) is 9.53 Å². The molecule has 3 nitrogen and oxygen atoms in total. The van der Waals surface area contributed by atoms with Gasteiger partial charge < -0.3 is 10.1 Å². The maximum atomic E-state index is 11.0. The Labute approximate surface area is 82.0 Å². The van der Waals surface area contributed by atoms with Gasteiger partial charge >= 0.3 is 0 Å². The van der Waals surface area contributed by atoms with Crippen molar-refractivity contribution in [2.24, 2.45) is 5.92 Å². The Balaban J connectivity index is 3.33. The lowest BCUT2D eigenvalue weighted by molar-refractivity contribution is -0.120. The predicted octanol–water partition coefficient (Wildman–Crippen LogP) is 1.17. The van der Waals surface area contributed by atoms with Gasteiger partial charge in [0, 0.05) is 25.4 Å². The van der Waals surface area contributed by atoms with Crippen LogP contribution in [0.2, 0.25) is 0 Å². The summed E-state index contributed by atoms with van der Waals surface area (Å²) in [6.07, 6.45) is 0.541. The standard InChI is InChI=1S/C8H16BrNO2/c1-7(6-12-2)5-10-8(11)3-4-9/h7H,3-6H2,1-2H3,(H,10,11). The highest BCUT2D eigenvalue weighted by molar-refractivity contribution is 9.09. The lowest BCUT2D eigenvalue weighted by atomic mass is 10.2. The number of hydrogen-bond donors (Lipinski definition) is 1. The molecule has 72 valence electrons. The Morgan fingerprint density at radius 2 is 2.33 bits per heavy atom. The third-order valence-corrected chi connectivity index (χ3v) is 1.82. The van der Waals surface area contributed by atoms with Crippen LogP contribution in [0.3, 0.4) is 0 Å². The zero-order valence-electron chi connectivity index (χ0n) is 7.60. The number of carbonyl (C=O) groups is 1. The molecule has 0 aliphatic heterocycles. The molecule has 0 aromatic carbocycles. The Morgan fingerprint density at radius 3 is 2.83 bits per heavy atom. The fourth-order valence-electron chi connectivity index (χ4n) is 0.806. The van der Waals surface area contributed by atoms with E-state index >= 15 is 0 Å². The van der Waals surface area contributed by atoms with E-state index in [1.807, 2.05) is 6.92 Å². The minimum absolute atomic E-state index is 0.0924. The summed E-state index contributed by atoms with van der Waals surface area (Å²) >= 11 is 3.20. The third kappa shape index (κ3) is 6.61. The fraction of sp³-hybridized carbons (Fsp3) is 0.875. The number of amides is 1. The molecule has 0 aliphatic carbocycles. The molecule has 0 rings (SSSR count). The average molecular weight is 238 g/mol. The molecule has 0 fully saturated rings. The van der Waals surface area contributed by atoms with Gasteiger partial charge in [0.15, 0.2) is 0 Å². The first-order valence-electron chi connectivity index (χ1n) is 4.02. The van der Waals surface area contributed by atoms with Crippen molar-refractivity contribution in [2.75, 3.05) is 25.6 Å². The highest BCUT2D eigenvalue weighted by Crippen LogP contribution is 1.93. The monoisotopic (exact) mass is 237 g/mol. The van der Waals surface area contributed by atoms with E-state index in [-0.39, 0.29) is 5.91 Å². The van der Waals surface area contributed by atoms with E-state index in [4.69, 9.17) is 4.74 Å². The van der Waals surface area contributed by atoms with Gasteiger partial charge in [0.1, 0.15) is 0 Å². The van der Waals surface area contributed by atoms with Gasteiger partial charge in [-0.25, -0.2) is 0 Å². The predicted molar refractivity (Wildman–Crippen MR) is 52.5 cm³/mol. The first-order valence-corrected chi connectivity index (χ1v) is 5.14. The quantitative estimate of drug-likeness (QED) is 0.705. The zero-order chi connectivity index (χ0) is 9.40. The maximum absolute atomic E-state index is 11.0. The van der Waals surface area contributed by atoms with Crippen LogP contribution in [0.1, 0.15) is 13.3 Å². The van der Waals surface area contributed by atoms with Crippen LogP contribution in [0, 0.1) is 5.92 Å². The number of alkyl halides is 1. The summed E-state index contributed by atoms with van der Waals surface area (Å²) in [5.74, 6) is 0.476. The lowest BCUT2D eigenvalue weighted by Gasteiger charge is -2.10. The van der Waals surface area contributed by atoms with Crippen molar-refractivity contribution in [1.82, 2.24) is 5.32 Å². The number of rotatable bonds is 6. The summed E-state index contributed by atoms with van der Waals surface area (Å²) in [7, 11) is 1.66. The minimum Gasteiger partial charge on any atom is -0.384 e. The van der Waals surface area contributed by atoms with Crippen molar-refractivity contribution in [3.63, 3.8) is 0 Å². The topological polar surface area (TPSA) is 38.3 Å². The summed E-state index contributed by atoms with van der Waals surface area (Å²) in [6.45, 7) is 3.42. The van der Waals surface area contributed by atoms with Gasteiger partial charge in [0.05, 0.1) is 6.61 Å². The molecule has 1 amide bonds. The van der Waals surface area contributed by atoms with E-state index in [0.717, 1.165) is 5.33 Å². The molecular formula is C8H16BrNO2. The molecule has 0 spiro atoms. The largest absolute Gasteiger partial charge is 0.384 e. The van der Waals surface area contributed by atoms with E-state index < -0.39 is 0 Å². The molecule has 0 heterocycles. The minimum atomic E-state index is 0.0924. The van der Waals surface area contributed by atoms with Crippen LogP contribution in [0.25, 0.3) is 0 Å². The van der Waals surface area contributed by atoms with Crippen LogP contribution in [0.4, 0.5) is 0 Å². The number of methoxy groups -OCH3 is 1. The lowest BCUT2D eigenvalue weighted by Crippen LogP contribution is -2.29. The second-order valence-corrected chi connectivity index (χ2v) is 3.60. The summed E-state index contributed by atoms with van der Waals surface area (Å²) in [5, 5.41) is 3.54. The number of nitrogens with one attached hydrogen (secondary N) is 1. The number of hydrogen-bond acceptors (Lipinski definition) is 2.